The maximum Gasteiger partial charge on any atom is 0.252 e. The van der Waals surface area contributed by atoms with Crippen molar-refractivity contribution in [1.29, 1.82) is 0 Å². The van der Waals surface area contributed by atoms with Crippen molar-refractivity contribution in [2.75, 3.05) is 13.2 Å². The molecule has 0 bridgehead atoms. The van der Waals surface area contributed by atoms with E-state index in [1.807, 2.05) is 6.08 Å². The predicted octanol–water partition coefficient (Wildman–Crippen LogP) is 1.40. The highest BCUT2D eigenvalue weighted by molar-refractivity contribution is 6.01. The van der Waals surface area contributed by atoms with Gasteiger partial charge in [0.05, 0.1) is 12.6 Å². The number of hydrogen-bond donors (Lipinski definition) is 1. The second-order valence-electron chi connectivity index (χ2n) is 4.93. The van der Waals surface area contributed by atoms with Crippen molar-refractivity contribution >= 4 is 5.91 Å². The molecule has 86 valence electrons. The molecule has 0 aromatic rings. The number of carbonyl (C=O) groups is 1. The van der Waals surface area contributed by atoms with E-state index in [1.165, 1.54) is 16.7 Å². The third-order valence-corrected chi connectivity index (χ3v) is 3.78. The molecule has 1 amide bonds. The molecule has 1 atom stereocenters. The molecule has 0 radical (unpaired) electrons. The summed E-state index contributed by atoms with van der Waals surface area (Å²) >= 11 is 0. The lowest BCUT2D eigenvalue weighted by molar-refractivity contribution is -0.117. The van der Waals surface area contributed by atoms with Gasteiger partial charge in [-0.15, -0.1) is 0 Å². The summed E-state index contributed by atoms with van der Waals surface area (Å²) in [5.74, 6) is 0.0421. The number of allylic oxidation sites excluding steroid dienone is 6. The Bertz CT molecular complexity index is 543. The molecule has 2 fully saturated rings. The molecular formula is C14H13NO2. The minimum atomic E-state index is 0.0421. The molecule has 0 spiro atoms. The van der Waals surface area contributed by atoms with Crippen LogP contribution in [-0.4, -0.2) is 25.2 Å². The maximum atomic E-state index is 12.1. The summed E-state index contributed by atoms with van der Waals surface area (Å²) in [5.41, 5.74) is 6.06. The minimum absolute atomic E-state index is 0.0421. The largest absolute Gasteiger partial charge is 0.379 e. The van der Waals surface area contributed by atoms with Crippen molar-refractivity contribution in [2.45, 2.75) is 18.9 Å². The summed E-state index contributed by atoms with van der Waals surface area (Å²) in [7, 11) is 0. The first-order valence-electron chi connectivity index (χ1n) is 6.08. The van der Waals surface area contributed by atoms with Gasteiger partial charge in [-0.2, -0.15) is 0 Å². The Balaban J connectivity index is 1.58. The number of hydrogen-bond acceptors (Lipinski definition) is 2. The van der Waals surface area contributed by atoms with Crippen molar-refractivity contribution in [3.63, 3.8) is 0 Å². The molecule has 0 unspecified atom stereocenters. The van der Waals surface area contributed by atoms with Crippen LogP contribution in [-0.2, 0) is 9.53 Å². The van der Waals surface area contributed by atoms with Crippen molar-refractivity contribution in [2.24, 2.45) is 0 Å². The second kappa shape index (κ2) is 3.20. The average molecular weight is 227 g/mol. The molecule has 1 aliphatic heterocycles. The fraction of sp³-hybridized carbons (Fsp3) is 0.357. The molecule has 3 aliphatic carbocycles. The van der Waals surface area contributed by atoms with Crippen LogP contribution in [0, 0.1) is 0 Å². The van der Waals surface area contributed by atoms with Gasteiger partial charge in [0, 0.05) is 12.2 Å². The molecule has 17 heavy (non-hydrogen) atoms. The lowest BCUT2D eigenvalue weighted by Gasteiger charge is -2.11. The van der Waals surface area contributed by atoms with Crippen LogP contribution < -0.4 is 5.32 Å². The molecule has 4 aliphatic rings. The summed E-state index contributed by atoms with van der Waals surface area (Å²) in [6, 6.07) is 0.185. The fourth-order valence-electron chi connectivity index (χ4n) is 2.75. The quantitative estimate of drug-likeness (QED) is 0.774. The smallest absolute Gasteiger partial charge is 0.252 e. The Hall–Kier alpha value is -1.61. The van der Waals surface area contributed by atoms with Gasteiger partial charge in [-0.25, -0.2) is 0 Å². The summed E-state index contributed by atoms with van der Waals surface area (Å²) < 4.78 is 5.26. The van der Waals surface area contributed by atoms with Gasteiger partial charge in [0.25, 0.3) is 5.91 Å². The van der Waals surface area contributed by atoms with Crippen molar-refractivity contribution in [3.05, 3.63) is 46.1 Å². The fourth-order valence-corrected chi connectivity index (χ4v) is 2.75. The first-order chi connectivity index (χ1) is 8.33. The summed E-state index contributed by atoms with van der Waals surface area (Å²) in [6.45, 7) is 1.40. The maximum absolute atomic E-state index is 12.1. The van der Waals surface area contributed by atoms with Crippen molar-refractivity contribution < 1.29 is 9.53 Å². The average Bonchev–Trinajstić information content (AvgIpc) is 2.75. The van der Waals surface area contributed by atoms with Crippen LogP contribution in [0.1, 0.15) is 12.8 Å². The zero-order valence-electron chi connectivity index (χ0n) is 9.45. The summed E-state index contributed by atoms with van der Waals surface area (Å²) in [6.07, 6.45) is 8.21. The Morgan fingerprint density at radius 3 is 3.12 bits per heavy atom. The van der Waals surface area contributed by atoms with E-state index in [2.05, 4.69) is 17.5 Å². The Labute approximate surface area is 99.5 Å². The van der Waals surface area contributed by atoms with E-state index in [4.69, 9.17) is 4.74 Å². The van der Waals surface area contributed by atoms with E-state index in [-0.39, 0.29) is 11.9 Å². The van der Waals surface area contributed by atoms with Crippen LogP contribution in [0.4, 0.5) is 0 Å². The molecule has 1 saturated heterocycles. The monoisotopic (exact) mass is 227 g/mol. The Kier molecular flexibility index (Phi) is 1.77. The highest BCUT2D eigenvalue weighted by Crippen LogP contribution is 2.51. The number of amides is 1. The number of fused-ring (bicyclic) bond motifs is 2. The molecule has 0 aromatic carbocycles. The zero-order chi connectivity index (χ0) is 11.4. The van der Waals surface area contributed by atoms with Crippen LogP contribution in [0.25, 0.3) is 0 Å². The van der Waals surface area contributed by atoms with Crippen molar-refractivity contribution in [3.8, 4) is 0 Å². The molecule has 1 saturated carbocycles. The first-order valence-corrected chi connectivity index (χ1v) is 6.08. The standard InChI is InChI=1S/C14H13NO2/c16-14(15-9-3-4-17-7-9)11-2-1-10-12-5-8(12)6-13(10)11/h1-2,6,9H,3-5,7H2,(H,15,16)/t9-/m1/s1. The second-order valence-corrected chi connectivity index (χ2v) is 4.93. The number of nitrogens with one attached hydrogen (secondary N) is 1. The van der Waals surface area contributed by atoms with E-state index in [1.54, 1.807) is 0 Å². The third-order valence-electron chi connectivity index (χ3n) is 3.78. The van der Waals surface area contributed by atoms with Gasteiger partial charge in [-0.3, -0.25) is 4.79 Å². The minimum Gasteiger partial charge on any atom is -0.379 e. The lowest BCUT2D eigenvalue weighted by atomic mass is 10.1. The normalized spacial score (nSPS) is 28.5. The molecule has 1 heterocycles. The first kappa shape index (κ1) is 9.42. The lowest BCUT2D eigenvalue weighted by Crippen LogP contribution is -2.35. The zero-order valence-corrected chi connectivity index (χ0v) is 9.45. The molecule has 4 rings (SSSR count). The molecule has 1 N–H and O–H groups in total. The number of carbonyl (C=O) groups excluding carboxylic acids is 1. The van der Waals surface area contributed by atoms with Crippen LogP contribution in [0.5, 0.6) is 0 Å². The summed E-state index contributed by atoms with van der Waals surface area (Å²) in [5, 5.41) is 3.04. The van der Waals surface area contributed by atoms with Gasteiger partial charge in [0.2, 0.25) is 0 Å². The highest BCUT2D eigenvalue weighted by atomic mass is 16.5. The highest BCUT2D eigenvalue weighted by Gasteiger charge is 2.35. The van der Waals surface area contributed by atoms with Crippen LogP contribution >= 0.6 is 0 Å². The van der Waals surface area contributed by atoms with E-state index in [0.29, 0.717) is 6.61 Å². The van der Waals surface area contributed by atoms with Gasteiger partial charge < -0.3 is 10.1 Å². The van der Waals surface area contributed by atoms with Gasteiger partial charge in [-0.05, 0) is 47.3 Å². The summed E-state index contributed by atoms with van der Waals surface area (Å²) in [4.78, 5) is 12.1. The van der Waals surface area contributed by atoms with Crippen molar-refractivity contribution in [1.82, 2.24) is 5.32 Å². The Morgan fingerprint density at radius 1 is 1.35 bits per heavy atom. The number of rotatable bonds is 2. The Morgan fingerprint density at radius 2 is 2.29 bits per heavy atom. The topological polar surface area (TPSA) is 38.3 Å². The van der Waals surface area contributed by atoms with Crippen LogP contribution in [0.2, 0.25) is 0 Å². The predicted molar refractivity (Wildman–Crippen MR) is 63.3 cm³/mol. The van der Waals surface area contributed by atoms with Gasteiger partial charge in [0.15, 0.2) is 0 Å². The van der Waals surface area contributed by atoms with Crippen LogP contribution in [0.15, 0.2) is 46.1 Å². The SMILES string of the molecule is O=C(N[C@@H]1CCOC1)C1=C2C=C3CC3=C2C=C1. The van der Waals surface area contributed by atoms with E-state index < -0.39 is 0 Å². The molecular weight excluding hydrogens is 214 g/mol. The van der Waals surface area contributed by atoms with E-state index in [9.17, 15) is 4.79 Å². The van der Waals surface area contributed by atoms with Gasteiger partial charge >= 0.3 is 0 Å². The molecule has 0 aromatic heterocycles. The van der Waals surface area contributed by atoms with Gasteiger partial charge in [-0.1, -0.05) is 6.08 Å². The molecule has 3 heteroatoms. The van der Waals surface area contributed by atoms with E-state index in [0.717, 1.165) is 30.6 Å². The molecule has 3 nitrogen and oxygen atoms in total. The van der Waals surface area contributed by atoms with E-state index >= 15 is 0 Å². The van der Waals surface area contributed by atoms with Gasteiger partial charge in [0.1, 0.15) is 0 Å². The third kappa shape index (κ3) is 1.35. The van der Waals surface area contributed by atoms with Crippen LogP contribution in [0.3, 0.4) is 0 Å². The number of ether oxygens (including phenoxy) is 1.